The van der Waals surface area contributed by atoms with Crippen LogP contribution in [0.25, 0.3) is 0 Å². The first kappa shape index (κ1) is 17.1. The standard InChI is InChI=1S/C18H13ClN2O3S/c19-16-7-6-12(10-20-16)11-24-18(23)13-3-1-4-14(9-13)21-17(22)15-5-2-8-25-15/h1-10H,11H2,(H,21,22). The van der Waals surface area contributed by atoms with Crippen LogP contribution in [0.5, 0.6) is 0 Å². The number of hydrogen-bond acceptors (Lipinski definition) is 5. The van der Waals surface area contributed by atoms with Crippen LogP contribution in [0.4, 0.5) is 5.69 Å². The molecular formula is C18H13ClN2O3S. The maximum absolute atomic E-state index is 12.2. The van der Waals surface area contributed by atoms with E-state index in [2.05, 4.69) is 10.3 Å². The molecule has 0 aliphatic heterocycles. The number of pyridine rings is 1. The van der Waals surface area contributed by atoms with Crippen molar-refractivity contribution in [2.24, 2.45) is 0 Å². The Kier molecular flexibility index (Phi) is 5.42. The Morgan fingerprint density at radius 2 is 2.04 bits per heavy atom. The van der Waals surface area contributed by atoms with Crippen molar-refractivity contribution in [2.45, 2.75) is 6.61 Å². The number of thiophene rings is 1. The summed E-state index contributed by atoms with van der Waals surface area (Å²) < 4.78 is 5.25. The lowest BCUT2D eigenvalue weighted by Gasteiger charge is -2.07. The zero-order valence-electron chi connectivity index (χ0n) is 12.9. The molecule has 0 atom stereocenters. The highest BCUT2D eigenvalue weighted by Gasteiger charge is 2.11. The van der Waals surface area contributed by atoms with E-state index in [0.29, 0.717) is 21.3 Å². The SMILES string of the molecule is O=C(OCc1ccc(Cl)nc1)c1cccc(NC(=O)c2cccs2)c1. The number of amides is 1. The number of benzene rings is 1. The Balaban J connectivity index is 1.63. The number of anilines is 1. The van der Waals surface area contributed by atoms with E-state index in [1.54, 1.807) is 54.7 Å². The van der Waals surface area contributed by atoms with Gasteiger partial charge < -0.3 is 10.1 Å². The number of rotatable bonds is 5. The zero-order chi connectivity index (χ0) is 17.6. The van der Waals surface area contributed by atoms with Gasteiger partial charge in [-0.3, -0.25) is 4.79 Å². The summed E-state index contributed by atoms with van der Waals surface area (Å²) in [6.07, 6.45) is 1.55. The first-order valence-electron chi connectivity index (χ1n) is 7.34. The van der Waals surface area contributed by atoms with Crippen molar-refractivity contribution < 1.29 is 14.3 Å². The molecule has 126 valence electrons. The molecule has 3 aromatic rings. The van der Waals surface area contributed by atoms with Crippen molar-refractivity contribution in [2.75, 3.05) is 5.32 Å². The molecule has 0 spiro atoms. The normalized spacial score (nSPS) is 10.3. The number of halogens is 1. The van der Waals surface area contributed by atoms with E-state index >= 15 is 0 Å². The summed E-state index contributed by atoms with van der Waals surface area (Å²) in [6.45, 7) is 0.0920. The van der Waals surface area contributed by atoms with Gasteiger partial charge in [0, 0.05) is 17.4 Å². The van der Waals surface area contributed by atoms with Crippen LogP contribution >= 0.6 is 22.9 Å². The van der Waals surface area contributed by atoms with Gasteiger partial charge in [0.1, 0.15) is 11.8 Å². The predicted molar refractivity (Wildman–Crippen MR) is 97.1 cm³/mol. The highest BCUT2D eigenvalue weighted by Crippen LogP contribution is 2.16. The molecule has 2 aromatic heterocycles. The van der Waals surface area contributed by atoms with Crippen molar-refractivity contribution in [1.29, 1.82) is 0 Å². The van der Waals surface area contributed by atoms with Crippen LogP contribution in [0.3, 0.4) is 0 Å². The number of esters is 1. The molecule has 0 aliphatic carbocycles. The van der Waals surface area contributed by atoms with E-state index in [1.807, 2.05) is 5.38 Å². The topological polar surface area (TPSA) is 68.3 Å². The third-order valence-electron chi connectivity index (χ3n) is 3.26. The minimum Gasteiger partial charge on any atom is -0.457 e. The molecule has 0 radical (unpaired) electrons. The lowest BCUT2D eigenvalue weighted by molar-refractivity contribution is 0.0472. The molecule has 1 aromatic carbocycles. The van der Waals surface area contributed by atoms with Crippen LogP contribution in [0, 0.1) is 0 Å². The van der Waals surface area contributed by atoms with Gasteiger partial charge in [-0.1, -0.05) is 29.8 Å². The molecule has 0 bridgehead atoms. The van der Waals surface area contributed by atoms with Crippen LogP contribution in [-0.4, -0.2) is 16.9 Å². The summed E-state index contributed by atoms with van der Waals surface area (Å²) >= 11 is 7.06. The highest BCUT2D eigenvalue weighted by molar-refractivity contribution is 7.12. The second-order valence-electron chi connectivity index (χ2n) is 5.08. The fourth-order valence-corrected chi connectivity index (χ4v) is 2.78. The van der Waals surface area contributed by atoms with Gasteiger partial charge in [-0.15, -0.1) is 11.3 Å². The number of ether oxygens (including phenoxy) is 1. The van der Waals surface area contributed by atoms with Crippen molar-refractivity contribution in [3.05, 3.63) is 81.3 Å². The maximum atomic E-state index is 12.2. The van der Waals surface area contributed by atoms with E-state index in [-0.39, 0.29) is 12.5 Å². The summed E-state index contributed by atoms with van der Waals surface area (Å²) in [5, 5.41) is 4.97. The molecule has 0 aliphatic rings. The summed E-state index contributed by atoms with van der Waals surface area (Å²) in [7, 11) is 0. The molecule has 0 saturated carbocycles. The maximum Gasteiger partial charge on any atom is 0.338 e. The lowest BCUT2D eigenvalue weighted by atomic mass is 10.2. The summed E-state index contributed by atoms with van der Waals surface area (Å²) in [5.74, 6) is -0.699. The number of aromatic nitrogens is 1. The Bertz CT molecular complexity index is 880. The third-order valence-corrected chi connectivity index (χ3v) is 4.35. The summed E-state index contributed by atoms with van der Waals surface area (Å²) in [6, 6.07) is 13.5. The van der Waals surface area contributed by atoms with Crippen LogP contribution in [0.15, 0.2) is 60.1 Å². The van der Waals surface area contributed by atoms with E-state index in [1.165, 1.54) is 11.3 Å². The monoisotopic (exact) mass is 372 g/mol. The van der Waals surface area contributed by atoms with Gasteiger partial charge in [0.05, 0.1) is 10.4 Å². The molecule has 1 amide bonds. The van der Waals surface area contributed by atoms with Crippen molar-refractivity contribution in [3.63, 3.8) is 0 Å². The smallest absolute Gasteiger partial charge is 0.338 e. The number of carbonyl (C=O) groups excluding carboxylic acids is 2. The molecule has 0 fully saturated rings. The summed E-state index contributed by atoms with van der Waals surface area (Å²) in [4.78, 5) is 28.8. The third kappa shape index (κ3) is 4.65. The fraction of sp³-hybridized carbons (Fsp3) is 0.0556. The van der Waals surface area contributed by atoms with Crippen LogP contribution in [-0.2, 0) is 11.3 Å². The molecule has 0 unspecified atom stereocenters. The zero-order valence-corrected chi connectivity index (χ0v) is 14.5. The lowest BCUT2D eigenvalue weighted by Crippen LogP contribution is -2.11. The Morgan fingerprint density at radius 1 is 1.16 bits per heavy atom. The van der Waals surface area contributed by atoms with E-state index in [9.17, 15) is 9.59 Å². The van der Waals surface area contributed by atoms with Crippen LogP contribution in [0.2, 0.25) is 5.15 Å². The predicted octanol–water partition coefficient (Wildman–Crippen LogP) is 4.41. The minimum absolute atomic E-state index is 0.0920. The number of nitrogens with one attached hydrogen (secondary N) is 1. The Labute approximate surface area is 153 Å². The Hall–Kier alpha value is -2.70. The van der Waals surface area contributed by atoms with Gasteiger partial charge in [-0.25, -0.2) is 9.78 Å². The van der Waals surface area contributed by atoms with E-state index < -0.39 is 5.97 Å². The molecule has 7 heteroatoms. The molecule has 0 saturated heterocycles. The van der Waals surface area contributed by atoms with Gasteiger partial charge in [0.25, 0.3) is 5.91 Å². The van der Waals surface area contributed by atoms with Gasteiger partial charge in [-0.2, -0.15) is 0 Å². The van der Waals surface area contributed by atoms with Gasteiger partial charge >= 0.3 is 5.97 Å². The van der Waals surface area contributed by atoms with Crippen molar-refractivity contribution in [1.82, 2.24) is 4.98 Å². The fourth-order valence-electron chi connectivity index (χ4n) is 2.05. The average molecular weight is 373 g/mol. The minimum atomic E-state index is -0.484. The molecule has 25 heavy (non-hydrogen) atoms. The Morgan fingerprint density at radius 3 is 2.76 bits per heavy atom. The van der Waals surface area contributed by atoms with E-state index in [0.717, 1.165) is 5.56 Å². The first-order chi connectivity index (χ1) is 12.1. The first-order valence-corrected chi connectivity index (χ1v) is 8.60. The van der Waals surface area contributed by atoms with Crippen molar-refractivity contribution in [3.8, 4) is 0 Å². The second-order valence-corrected chi connectivity index (χ2v) is 6.41. The van der Waals surface area contributed by atoms with Gasteiger partial charge in [0.15, 0.2) is 0 Å². The van der Waals surface area contributed by atoms with E-state index in [4.69, 9.17) is 16.3 Å². The second kappa shape index (κ2) is 7.92. The molecule has 2 heterocycles. The summed E-state index contributed by atoms with van der Waals surface area (Å²) in [5.41, 5.74) is 1.62. The number of nitrogens with zero attached hydrogens (tertiary/aromatic N) is 1. The largest absolute Gasteiger partial charge is 0.457 e. The van der Waals surface area contributed by atoms with Gasteiger partial charge in [-0.05, 0) is 35.7 Å². The molecule has 1 N–H and O–H groups in total. The average Bonchev–Trinajstić information content (AvgIpc) is 3.16. The number of carbonyl (C=O) groups is 2. The van der Waals surface area contributed by atoms with Crippen LogP contribution < -0.4 is 5.32 Å². The van der Waals surface area contributed by atoms with Gasteiger partial charge in [0.2, 0.25) is 0 Å². The molecule has 3 rings (SSSR count). The quantitative estimate of drug-likeness (QED) is 0.532. The molecular weight excluding hydrogens is 360 g/mol. The van der Waals surface area contributed by atoms with Crippen molar-refractivity contribution >= 4 is 40.5 Å². The van der Waals surface area contributed by atoms with Crippen LogP contribution in [0.1, 0.15) is 25.6 Å². The molecule has 5 nitrogen and oxygen atoms in total. The highest BCUT2D eigenvalue weighted by atomic mass is 35.5. The number of hydrogen-bond donors (Lipinski definition) is 1.